The SMILES string of the molecule is COc1cc2c(cc1OC)CN(Cc1ccc(C)c(Oc3ccc(C(C)(C)C)cc3)c1)CC2. The predicted octanol–water partition coefficient (Wildman–Crippen LogP) is 6.66. The first-order valence-corrected chi connectivity index (χ1v) is 11.6. The summed E-state index contributed by atoms with van der Waals surface area (Å²) in [5.41, 5.74) is 6.48. The fourth-order valence-electron chi connectivity index (χ4n) is 4.34. The number of aryl methyl sites for hydroxylation is 1. The summed E-state index contributed by atoms with van der Waals surface area (Å²) < 4.78 is 17.2. The van der Waals surface area contributed by atoms with E-state index in [9.17, 15) is 0 Å². The standard InChI is InChI=1S/C29H35NO3/c1-20-7-8-21(15-26(20)33-25-11-9-24(10-12-25)29(2,3)4)18-30-14-13-22-16-27(31-5)28(32-6)17-23(22)19-30/h7-12,15-17H,13-14,18-19H2,1-6H3. The molecule has 0 atom stereocenters. The summed E-state index contributed by atoms with van der Waals surface area (Å²) >= 11 is 0. The lowest BCUT2D eigenvalue weighted by Gasteiger charge is -2.29. The Morgan fingerprint density at radius 2 is 1.48 bits per heavy atom. The first kappa shape index (κ1) is 23.2. The number of methoxy groups -OCH3 is 2. The van der Waals surface area contributed by atoms with E-state index in [4.69, 9.17) is 14.2 Å². The van der Waals surface area contributed by atoms with Gasteiger partial charge in [0, 0.05) is 19.6 Å². The second-order valence-electron chi connectivity index (χ2n) is 9.91. The van der Waals surface area contributed by atoms with E-state index in [1.165, 1.54) is 22.3 Å². The Balaban J connectivity index is 1.47. The van der Waals surface area contributed by atoms with Crippen molar-refractivity contribution in [1.82, 2.24) is 4.90 Å². The zero-order chi connectivity index (χ0) is 23.6. The molecule has 4 rings (SSSR count). The molecule has 3 aromatic carbocycles. The number of hydrogen-bond donors (Lipinski definition) is 0. The third-order valence-electron chi connectivity index (χ3n) is 6.40. The highest BCUT2D eigenvalue weighted by Gasteiger charge is 2.20. The molecule has 0 fully saturated rings. The maximum atomic E-state index is 6.27. The van der Waals surface area contributed by atoms with Gasteiger partial charge in [0.25, 0.3) is 0 Å². The van der Waals surface area contributed by atoms with Crippen LogP contribution in [0.5, 0.6) is 23.0 Å². The molecular formula is C29H35NO3. The van der Waals surface area contributed by atoms with Gasteiger partial charge in [0.2, 0.25) is 0 Å². The predicted molar refractivity (Wildman–Crippen MR) is 134 cm³/mol. The minimum atomic E-state index is 0.135. The fraction of sp³-hybridized carbons (Fsp3) is 0.379. The minimum Gasteiger partial charge on any atom is -0.493 e. The van der Waals surface area contributed by atoms with E-state index >= 15 is 0 Å². The van der Waals surface area contributed by atoms with Gasteiger partial charge in [-0.25, -0.2) is 0 Å². The number of fused-ring (bicyclic) bond motifs is 1. The highest BCUT2D eigenvalue weighted by molar-refractivity contribution is 5.48. The number of benzene rings is 3. The van der Waals surface area contributed by atoms with Gasteiger partial charge in [-0.15, -0.1) is 0 Å². The molecule has 4 nitrogen and oxygen atoms in total. The summed E-state index contributed by atoms with van der Waals surface area (Å²) in [6, 6.07) is 19.2. The smallest absolute Gasteiger partial charge is 0.161 e. The number of ether oxygens (including phenoxy) is 3. The summed E-state index contributed by atoms with van der Waals surface area (Å²) in [7, 11) is 3.38. The monoisotopic (exact) mass is 445 g/mol. The first-order chi connectivity index (χ1) is 15.8. The Labute approximate surface area is 198 Å². The van der Waals surface area contributed by atoms with Crippen LogP contribution >= 0.6 is 0 Å². The van der Waals surface area contributed by atoms with Crippen molar-refractivity contribution >= 4 is 0 Å². The summed E-state index contributed by atoms with van der Waals surface area (Å²) in [6.07, 6.45) is 1.00. The van der Waals surface area contributed by atoms with Crippen LogP contribution in [0.3, 0.4) is 0 Å². The van der Waals surface area contributed by atoms with Gasteiger partial charge in [0.05, 0.1) is 14.2 Å². The van der Waals surface area contributed by atoms with Crippen molar-refractivity contribution in [3.05, 3.63) is 82.4 Å². The Hall–Kier alpha value is -2.98. The summed E-state index contributed by atoms with van der Waals surface area (Å²) in [5.74, 6) is 3.39. The normalized spacial score (nSPS) is 14.0. The Morgan fingerprint density at radius 3 is 2.12 bits per heavy atom. The Morgan fingerprint density at radius 1 is 0.818 bits per heavy atom. The molecule has 0 amide bonds. The number of rotatable bonds is 6. The number of nitrogens with zero attached hydrogens (tertiary/aromatic N) is 1. The Kier molecular flexibility index (Phi) is 6.66. The van der Waals surface area contributed by atoms with Gasteiger partial charge >= 0.3 is 0 Å². The molecule has 0 saturated carbocycles. The van der Waals surface area contributed by atoms with E-state index in [-0.39, 0.29) is 5.41 Å². The molecule has 1 heterocycles. The molecule has 0 aromatic heterocycles. The maximum Gasteiger partial charge on any atom is 0.161 e. The van der Waals surface area contributed by atoms with E-state index in [0.29, 0.717) is 0 Å². The summed E-state index contributed by atoms with van der Waals surface area (Å²) in [6.45, 7) is 11.6. The van der Waals surface area contributed by atoms with Gasteiger partial charge in [0.15, 0.2) is 11.5 Å². The molecule has 0 spiro atoms. The highest BCUT2D eigenvalue weighted by Crippen LogP contribution is 2.34. The molecule has 0 unspecified atom stereocenters. The second-order valence-corrected chi connectivity index (χ2v) is 9.91. The van der Waals surface area contributed by atoms with E-state index in [1.54, 1.807) is 14.2 Å². The molecule has 174 valence electrons. The van der Waals surface area contributed by atoms with Crippen molar-refractivity contribution in [2.24, 2.45) is 0 Å². The van der Waals surface area contributed by atoms with Crippen LogP contribution in [0.2, 0.25) is 0 Å². The van der Waals surface area contributed by atoms with Crippen molar-refractivity contribution in [1.29, 1.82) is 0 Å². The number of hydrogen-bond acceptors (Lipinski definition) is 4. The van der Waals surface area contributed by atoms with Crippen LogP contribution in [-0.4, -0.2) is 25.7 Å². The third-order valence-corrected chi connectivity index (χ3v) is 6.40. The van der Waals surface area contributed by atoms with E-state index in [0.717, 1.165) is 54.6 Å². The lowest BCUT2D eigenvalue weighted by molar-refractivity contribution is 0.244. The lowest BCUT2D eigenvalue weighted by atomic mass is 9.87. The average Bonchev–Trinajstić information content (AvgIpc) is 2.80. The van der Waals surface area contributed by atoms with Crippen LogP contribution in [-0.2, 0) is 24.9 Å². The van der Waals surface area contributed by atoms with Gasteiger partial charge in [-0.2, -0.15) is 0 Å². The molecule has 0 aliphatic carbocycles. The van der Waals surface area contributed by atoms with Crippen LogP contribution < -0.4 is 14.2 Å². The van der Waals surface area contributed by atoms with E-state index in [1.807, 2.05) is 0 Å². The molecule has 1 aliphatic heterocycles. The zero-order valence-electron chi connectivity index (χ0n) is 20.7. The van der Waals surface area contributed by atoms with Gasteiger partial charge in [-0.1, -0.05) is 45.0 Å². The fourth-order valence-corrected chi connectivity index (χ4v) is 4.34. The Bertz CT molecular complexity index is 1110. The van der Waals surface area contributed by atoms with Crippen LogP contribution in [0, 0.1) is 6.92 Å². The van der Waals surface area contributed by atoms with Gasteiger partial charge in [-0.3, -0.25) is 4.90 Å². The minimum absolute atomic E-state index is 0.135. The quantitative estimate of drug-likeness (QED) is 0.424. The van der Waals surface area contributed by atoms with Crippen molar-refractivity contribution < 1.29 is 14.2 Å². The summed E-state index contributed by atoms with van der Waals surface area (Å²) in [4.78, 5) is 2.47. The van der Waals surface area contributed by atoms with Crippen LogP contribution in [0.15, 0.2) is 54.6 Å². The molecular weight excluding hydrogens is 410 g/mol. The lowest BCUT2D eigenvalue weighted by Crippen LogP contribution is -2.30. The molecule has 33 heavy (non-hydrogen) atoms. The largest absolute Gasteiger partial charge is 0.493 e. The first-order valence-electron chi connectivity index (χ1n) is 11.6. The van der Waals surface area contributed by atoms with E-state index < -0.39 is 0 Å². The molecule has 4 heteroatoms. The topological polar surface area (TPSA) is 30.9 Å². The van der Waals surface area contributed by atoms with Crippen molar-refractivity contribution in [2.75, 3.05) is 20.8 Å². The third kappa shape index (κ3) is 5.33. The molecule has 0 bridgehead atoms. The maximum absolute atomic E-state index is 6.27. The highest BCUT2D eigenvalue weighted by atomic mass is 16.5. The van der Waals surface area contributed by atoms with E-state index in [2.05, 4.69) is 87.2 Å². The van der Waals surface area contributed by atoms with Crippen molar-refractivity contribution in [2.45, 2.75) is 52.6 Å². The van der Waals surface area contributed by atoms with Gasteiger partial charge in [-0.05, 0) is 76.9 Å². The van der Waals surface area contributed by atoms with Crippen LogP contribution in [0.4, 0.5) is 0 Å². The van der Waals surface area contributed by atoms with Crippen LogP contribution in [0.1, 0.15) is 48.6 Å². The summed E-state index contributed by atoms with van der Waals surface area (Å²) in [5, 5.41) is 0. The molecule has 0 saturated heterocycles. The molecule has 0 N–H and O–H groups in total. The van der Waals surface area contributed by atoms with Crippen molar-refractivity contribution in [3.63, 3.8) is 0 Å². The molecule has 3 aromatic rings. The molecule has 0 radical (unpaired) electrons. The molecule has 1 aliphatic rings. The van der Waals surface area contributed by atoms with Gasteiger partial charge in [0.1, 0.15) is 11.5 Å². The average molecular weight is 446 g/mol. The van der Waals surface area contributed by atoms with Crippen LogP contribution in [0.25, 0.3) is 0 Å². The second kappa shape index (κ2) is 9.48. The van der Waals surface area contributed by atoms with Crippen molar-refractivity contribution in [3.8, 4) is 23.0 Å². The zero-order valence-corrected chi connectivity index (χ0v) is 20.7. The van der Waals surface area contributed by atoms with Gasteiger partial charge < -0.3 is 14.2 Å².